The molecule has 3 nitrogen and oxygen atoms in total. The number of hydrogen-bond acceptors (Lipinski definition) is 3. The zero-order chi connectivity index (χ0) is 14.8. The molecule has 0 aliphatic heterocycles. The number of benzene rings is 1. The second-order valence-electron chi connectivity index (χ2n) is 6.39. The Bertz CT molecular complexity index is 533. The quantitative estimate of drug-likeness (QED) is 0.907. The van der Waals surface area contributed by atoms with Gasteiger partial charge in [-0.15, -0.1) is 0 Å². The lowest BCUT2D eigenvalue weighted by molar-refractivity contribution is 0.270. The van der Waals surface area contributed by atoms with E-state index >= 15 is 0 Å². The molecule has 0 aliphatic rings. The first-order valence-corrected chi connectivity index (χ1v) is 7.09. The van der Waals surface area contributed by atoms with Gasteiger partial charge in [-0.05, 0) is 24.8 Å². The Labute approximate surface area is 121 Å². The van der Waals surface area contributed by atoms with E-state index in [0.29, 0.717) is 0 Å². The molecule has 1 unspecified atom stereocenters. The van der Waals surface area contributed by atoms with E-state index in [-0.39, 0.29) is 11.5 Å². The molecule has 0 saturated carbocycles. The minimum absolute atomic E-state index is 0.139. The van der Waals surface area contributed by atoms with Crippen LogP contribution >= 0.6 is 0 Å². The average molecular weight is 272 g/mol. The third kappa shape index (κ3) is 3.28. The minimum atomic E-state index is 0.139. The molecule has 3 heteroatoms. The van der Waals surface area contributed by atoms with Crippen LogP contribution < -0.4 is 5.32 Å². The zero-order valence-electron chi connectivity index (χ0n) is 13.0. The number of hydrogen-bond donors (Lipinski definition) is 1. The number of nitrogens with one attached hydrogen (secondary N) is 1. The fourth-order valence-corrected chi connectivity index (χ4v) is 2.53. The second kappa shape index (κ2) is 5.80. The monoisotopic (exact) mass is 272 g/mol. The largest absolute Gasteiger partial charge is 0.361 e. The Balaban J connectivity index is 2.18. The molecule has 2 aromatic rings. The molecule has 0 radical (unpaired) electrons. The molecule has 2 rings (SSSR count). The molecule has 1 atom stereocenters. The molecule has 0 saturated heterocycles. The third-order valence-electron chi connectivity index (χ3n) is 3.66. The molecular formula is C17H24N2O. The van der Waals surface area contributed by atoms with Crippen molar-refractivity contribution in [3.63, 3.8) is 0 Å². The van der Waals surface area contributed by atoms with Crippen LogP contribution in [-0.4, -0.2) is 5.16 Å². The van der Waals surface area contributed by atoms with Crippen molar-refractivity contribution in [2.24, 2.45) is 5.41 Å². The van der Waals surface area contributed by atoms with Crippen molar-refractivity contribution in [1.29, 1.82) is 0 Å². The highest BCUT2D eigenvalue weighted by atomic mass is 16.5. The van der Waals surface area contributed by atoms with Crippen molar-refractivity contribution in [2.45, 2.75) is 47.2 Å². The molecule has 108 valence electrons. The summed E-state index contributed by atoms with van der Waals surface area (Å²) in [6, 6.07) is 10.9. The van der Waals surface area contributed by atoms with Crippen molar-refractivity contribution >= 4 is 0 Å². The lowest BCUT2D eigenvalue weighted by Crippen LogP contribution is -2.32. The first-order valence-electron chi connectivity index (χ1n) is 7.09. The number of nitrogens with zero attached hydrogens (tertiary/aromatic N) is 1. The second-order valence-corrected chi connectivity index (χ2v) is 6.39. The zero-order valence-corrected chi connectivity index (χ0v) is 13.0. The summed E-state index contributed by atoms with van der Waals surface area (Å²) in [5.74, 6) is 0.899. The summed E-state index contributed by atoms with van der Waals surface area (Å²) in [6.45, 7) is 11.5. The van der Waals surface area contributed by atoms with Crippen LogP contribution in [0.1, 0.15) is 49.4 Å². The van der Waals surface area contributed by atoms with E-state index in [4.69, 9.17) is 4.52 Å². The maximum Gasteiger partial charge on any atom is 0.138 e. The van der Waals surface area contributed by atoms with Crippen LogP contribution in [0, 0.1) is 19.3 Å². The predicted molar refractivity (Wildman–Crippen MR) is 81.5 cm³/mol. The molecule has 20 heavy (non-hydrogen) atoms. The van der Waals surface area contributed by atoms with Gasteiger partial charge in [-0.25, -0.2) is 0 Å². The van der Waals surface area contributed by atoms with E-state index in [1.807, 2.05) is 13.8 Å². The summed E-state index contributed by atoms with van der Waals surface area (Å²) in [5, 5.41) is 7.67. The molecule has 0 spiro atoms. The lowest BCUT2D eigenvalue weighted by Gasteiger charge is -2.32. The maximum absolute atomic E-state index is 5.23. The maximum atomic E-state index is 5.23. The van der Waals surface area contributed by atoms with Gasteiger partial charge < -0.3 is 9.84 Å². The summed E-state index contributed by atoms with van der Waals surface area (Å²) in [7, 11) is 0. The topological polar surface area (TPSA) is 38.1 Å². The van der Waals surface area contributed by atoms with E-state index in [1.165, 1.54) is 5.56 Å². The fourth-order valence-electron chi connectivity index (χ4n) is 2.53. The Kier molecular flexibility index (Phi) is 4.29. The Morgan fingerprint density at radius 3 is 2.30 bits per heavy atom. The normalized spacial score (nSPS) is 13.4. The standard InChI is InChI=1S/C17H24N2O/c1-12-15(13(2)20-19-12)11-18-16(17(3,4)5)14-9-7-6-8-10-14/h6-10,16,18H,11H2,1-5H3. The fraction of sp³-hybridized carbons (Fsp3) is 0.471. The van der Waals surface area contributed by atoms with E-state index < -0.39 is 0 Å². The van der Waals surface area contributed by atoms with Crippen LogP contribution in [0.25, 0.3) is 0 Å². The summed E-state index contributed by atoms with van der Waals surface area (Å²) in [5.41, 5.74) is 3.58. The van der Waals surface area contributed by atoms with Crippen molar-refractivity contribution < 1.29 is 4.52 Å². The SMILES string of the molecule is Cc1noc(C)c1CNC(c1ccccc1)C(C)(C)C. The molecular weight excluding hydrogens is 248 g/mol. The van der Waals surface area contributed by atoms with Crippen LogP contribution in [0.5, 0.6) is 0 Å². The third-order valence-corrected chi connectivity index (χ3v) is 3.66. The Hall–Kier alpha value is -1.61. The van der Waals surface area contributed by atoms with E-state index in [0.717, 1.165) is 23.6 Å². The van der Waals surface area contributed by atoms with Crippen molar-refractivity contribution in [3.05, 3.63) is 52.9 Å². The van der Waals surface area contributed by atoms with Crippen molar-refractivity contribution in [3.8, 4) is 0 Å². The molecule has 0 amide bonds. The van der Waals surface area contributed by atoms with Crippen LogP contribution in [0.4, 0.5) is 0 Å². The molecule has 0 fully saturated rings. The van der Waals surface area contributed by atoms with Crippen LogP contribution in [0.2, 0.25) is 0 Å². The van der Waals surface area contributed by atoms with E-state index in [1.54, 1.807) is 0 Å². The van der Waals surface area contributed by atoms with Gasteiger partial charge in [0.05, 0.1) is 5.69 Å². The van der Waals surface area contributed by atoms with Gasteiger partial charge in [0, 0.05) is 18.2 Å². The van der Waals surface area contributed by atoms with E-state index in [9.17, 15) is 0 Å². The highest BCUT2D eigenvalue weighted by Crippen LogP contribution is 2.33. The predicted octanol–water partition coefficient (Wildman–Crippen LogP) is 4.17. The average Bonchev–Trinajstić information content (AvgIpc) is 2.70. The summed E-state index contributed by atoms with van der Waals surface area (Å²) >= 11 is 0. The van der Waals surface area contributed by atoms with Gasteiger partial charge in [0.2, 0.25) is 0 Å². The molecule has 1 aromatic carbocycles. The summed E-state index contributed by atoms with van der Waals surface area (Å²) in [4.78, 5) is 0. The van der Waals surface area contributed by atoms with Gasteiger partial charge in [0.25, 0.3) is 0 Å². The van der Waals surface area contributed by atoms with Crippen LogP contribution in [0.15, 0.2) is 34.9 Å². The Morgan fingerprint density at radius 1 is 1.15 bits per heavy atom. The van der Waals surface area contributed by atoms with Crippen molar-refractivity contribution in [2.75, 3.05) is 0 Å². The van der Waals surface area contributed by atoms with E-state index in [2.05, 4.69) is 61.6 Å². The highest BCUT2D eigenvalue weighted by molar-refractivity contribution is 5.23. The molecule has 1 heterocycles. The number of aromatic nitrogens is 1. The molecule has 1 aromatic heterocycles. The first kappa shape index (κ1) is 14.8. The highest BCUT2D eigenvalue weighted by Gasteiger charge is 2.26. The first-order chi connectivity index (χ1) is 9.39. The molecule has 1 N–H and O–H groups in total. The number of rotatable bonds is 4. The summed E-state index contributed by atoms with van der Waals surface area (Å²) < 4.78 is 5.23. The van der Waals surface area contributed by atoms with Crippen molar-refractivity contribution in [1.82, 2.24) is 10.5 Å². The van der Waals surface area contributed by atoms with Crippen LogP contribution in [0.3, 0.4) is 0 Å². The lowest BCUT2D eigenvalue weighted by atomic mass is 9.82. The van der Waals surface area contributed by atoms with Gasteiger partial charge >= 0.3 is 0 Å². The smallest absolute Gasteiger partial charge is 0.138 e. The summed E-state index contributed by atoms with van der Waals surface area (Å²) in [6.07, 6.45) is 0. The molecule has 0 aliphatic carbocycles. The van der Waals surface area contributed by atoms with Crippen LogP contribution in [-0.2, 0) is 6.54 Å². The Morgan fingerprint density at radius 2 is 1.80 bits per heavy atom. The minimum Gasteiger partial charge on any atom is -0.361 e. The van der Waals surface area contributed by atoms with Gasteiger partial charge in [-0.2, -0.15) is 0 Å². The number of aryl methyl sites for hydroxylation is 2. The van der Waals surface area contributed by atoms with Gasteiger partial charge in [0.1, 0.15) is 5.76 Å². The molecule has 0 bridgehead atoms. The van der Waals surface area contributed by atoms with Gasteiger partial charge in [-0.3, -0.25) is 0 Å². The van der Waals surface area contributed by atoms with Gasteiger partial charge in [-0.1, -0.05) is 56.3 Å². The van der Waals surface area contributed by atoms with Gasteiger partial charge in [0.15, 0.2) is 0 Å².